The lowest BCUT2D eigenvalue weighted by Crippen LogP contribution is -2.11. The number of aromatic nitrogens is 1. The van der Waals surface area contributed by atoms with E-state index in [2.05, 4.69) is 26.2 Å². The highest BCUT2D eigenvalue weighted by atomic mass is 79.9. The molecule has 16 heavy (non-hydrogen) atoms. The Bertz CT molecular complexity index is 494. The van der Waals surface area contributed by atoms with Crippen molar-refractivity contribution in [1.82, 2.24) is 10.3 Å². The van der Waals surface area contributed by atoms with Gasteiger partial charge in [0, 0.05) is 6.07 Å². The molecule has 1 aliphatic heterocycles. The second kappa shape index (κ2) is 4.73. The van der Waals surface area contributed by atoms with Crippen LogP contribution in [-0.4, -0.2) is 11.5 Å². The van der Waals surface area contributed by atoms with Gasteiger partial charge >= 0.3 is 0 Å². The Hall–Kier alpha value is -0.580. The number of nitrogens with one attached hydrogen (secondary N) is 1. The summed E-state index contributed by atoms with van der Waals surface area (Å²) in [5, 5.41) is 3.42. The first-order valence-corrected chi connectivity index (χ1v) is 5.91. The third kappa shape index (κ3) is 2.10. The highest BCUT2D eigenvalue weighted by molar-refractivity contribution is 9.10. The standard InChI is InChI=1S/C11H11BrN2O.ClH/c12-11-4-3-9-8(14-11)6-10(15-9)7-2-1-5-13-7;/h3-4,6-7,13H,1-2,5H2;1H/t7-;/m1./s1. The maximum atomic E-state index is 5.76. The number of rotatable bonds is 1. The SMILES string of the molecule is Brc1ccc2oc([C@H]3CCCN3)cc2n1.Cl. The van der Waals surface area contributed by atoms with Crippen LogP contribution in [0.1, 0.15) is 24.6 Å². The molecule has 86 valence electrons. The summed E-state index contributed by atoms with van der Waals surface area (Å²) in [6.07, 6.45) is 2.37. The van der Waals surface area contributed by atoms with Crippen molar-refractivity contribution < 1.29 is 4.42 Å². The molecule has 5 heteroatoms. The zero-order valence-corrected chi connectivity index (χ0v) is 11.0. The molecule has 2 aromatic heterocycles. The zero-order chi connectivity index (χ0) is 10.3. The van der Waals surface area contributed by atoms with Gasteiger partial charge in [0.05, 0.1) is 6.04 Å². The van der Waals surface area contributed by atoms with Crippen LogP contribution in [0.15, 0.2) is 27.2 Å². The minimum atomic E-state index is 0. The van der Waals surface area contributed by atoms with Gasteiger partial charge in [0.15, 0.2) is 5.58 Å². The van der Waals surface area contributed by atoms with Gasteiger partial charge in [-0.2, -0.15) is 0 Å². The lowest BCUT2D eigenvalue weighted by Gasteiger charge is -2.04. The summed E-state index contributed by atoms with van der Waals surface area (Å²) >= 11 is 3.36. The van der Waals surface area contributed by atoms with Crippen LogP contribution in [0.5, 0.6) is 0 Å². The van der Waals surface area contributed by atoms with E-state index in [4.69, 9.17) is 4.42 Å². The molecule has 3 rings (SSSR count). The molecule has 0 spiro atoms. The Kier molecular flexibility index (Phi) is 3.52. The maximum absolute atomic E-state index is 5.76. The van der Waals surface area contributed by atoms with E-state index in [1.165, 1.54) is 6.42 Å². The molecular weight excluding hydrogens is 291 g/mol. The van der Waals surface area contributed by atoms with E-state index in [-0.39, 0.29) is 12.4 Å². The lowest BCUT2D eigenvalue weighted by atomic mass is 10.2. The van der Waals surface area contributed by atoms with Gasteiger partial charge in [-0.25, -0.2) is 4.98 Å². The summed E-state index contributed by atoms with van der Waals surface area (Å²) in [6, 6.07) is 6.25. The molecule has 0 bridgehead atoms. The third-order valence-electron chi connectivity index (χ3n) is 2.76. The maximum Gasteiger partial charge on any atom is 0.152 e. The Morgan fingerprint density at radius 3 is 3.06 bits per heavy atom. The summed E-state index contributed by atoms with van der Waals surface area (Å²) in [5.41, 5.74) is 1.79. The molecule has 1 saturated heterocycles. The van der Waals surface area contributed by atoms with E-state index in [1.807, 2.05) is 18.2 Å². The second-order valence-electron chi connectivity index (χ2n) is 3.82. The molecule has 3 nitrogen and oxygen atoms in total. The summed E-state index contributed by atoms with van der Waals surface area (Å²) in [4.78, 5) is 4.36. The van der Waals surface area contributed by atoms with Gasteiger partial charge in [0.2, 0.25) is 0 Å². The lowest BCUT2D eigenvalue weighted by molar-refractivity contribution is 0.471. The highest BCUT2D eigenvalue weighted by Crippen LogP contribution is 2.28. The quantitative estimate of drug-likeness (QED) is 0.820. The minimum Gasteiger partial charge on any atom is -0.458 e. The van der Waals surface area contributed by atoms with E-state index >= 15 is 0 Å². The monoisotopic (exact) mass is 302 g/mol. The number of nitrogens with zero attached hydrogens (tertiary/aromatic N) is 1. The van der Waals surface area contributed by atoms with E-state index in [1.54, 1.807) is 0 Å². The van der Waals surface area contributed by atoms with Gasteiger partial charge in [-0.3, -0.25) is 0 Å². The molecule has 0 aliphatic carbocycles. The van der Waals surface area contributed by atoms with Gasteiger partial charge in [0.25, 0.3) is 0 Å². The van der Waals surface area contributed by atoms with Crippen molar-refractivity contribution in [3.8, 4) is 0 Å². The predicted molar refractivity (Wildman–Crippen MR) is 68.9 cm³/mol. The molecule has 0 radical (unpaired) electrons. The minimum absolute atomic E-state index is 0. The Labute approximate surface area is 108 Å². The second-order valence-corrected chi connectivity index (χ2v) is 4.63. The fraction of sp³-hybridized carbons (Fsp3) is 0.364. The van der Waals surface area contributed by atoms with Crippen LogP contribution in [0, 0.1) is 0 Å². The summed E-state index contributed by atoms with van der Waals surface area (Å²) in [5.74, 6) is 1.01. The van der Waals surface area contributed by atoms with Crippen molar-refractivity contribution in [3.63, 3.8) is 0 Å². The van der Waals surface area contributed by atoms with E-state index in [0.29, 0.717) is 6.04 Å². The molecule has 0 unspecified atom stereocenters. The van der Waals surface area contributed by atoms with Gasteiger partial charge in [-0.05, 0) is 47.4 Å². The Balaban J connectivity index is 0.000000963. The summed E-state index contributed by atoms with van der Waals surface area (Å²) in [7, 11) is 0. The van der Waals surface area contributed by atoms with Crippen LogP contribution < -0.4 is 5.32 Å². The predicted octanol–water partition coefficient (Wildman–Crippen LogP) is 3.44. The molecule has 0 amide bonds. The number of hydrogen-bond donors (Lipinski definition) is 1. The van der Waals surface area contributed by atoms with E-state index in [9.17, 15) is 0 Å². The number of pyridine rings is 1. The van der Waals surface area contributed by atoms with Gasteiger partial charge in [-0.1, -0.05) is 0 Å². The van der Waals surface area contributed by atoms with Gasteiger partial charge in [0.1, 0.15) is 15.9 Å². The normalized spacial score (nSPS) is 19.9. The van der Waals surface area contributed by atoms with Crippen molar-refractivity contribution in [2.75, 3.05) is 6.54 Å². The fourth-order valence-electron chi connectivity index (χ4n) is 2.02. The van der Waals surface area contributed by atoms with Crippen LogP contribution in [-0.2, 0) is 0 Å². The van der Waals surface area contributed by atoms with Crippen molar-refractivity contribution in [1.29, 1.82) is 0 Å². The first-order valence-electron chi connectivity index (χ1n) is 5.12. The summed E-state index contributed by atoms with van der Waals surface area (Å²) in [6.45, 7) is 1.08. The van der Waals surface area contributed by atoms with Crippen LogP contribution in [0.25, 0.3) is 11.1 Å². The van der Waals surface area contributed by atoms with Crippen molar-refractivity contribution >= 4 is 39.4 Å². The van der Waals surface area contributed by atoms with Crippen LogP contribution in [0.3, 0.4) is 0 Å². The fourth-order valence-corrected chi connectivity index (χ4v) is 2.34. The molecule has 1 atom stereocenters. The van der Waals surface area contributed by atoms with E-state index in [0.717, 1.165) is 34.4 Å². The zero-order valence-electron chi connectivity index (χ0n) is 8.57. The Morgan fingerprint density at radius 1 is 1.44 bits per heavy atom. The average Bonchev–Trinajstić information content (AvgIpc) is 2.84. The molecule has 0 aromatic carbocycles. The summed E-state index contributed by atoms with van der Waals surface area (Å²) < 4.78 is 6.61. The van der Waals surface area contributed by atoms with E-state index < -0.39 is 0 Å². The highest BCUT2D eigenvalue weighted by Gasteiger charge is 2.20. The molecule has 0 saturated carbocycles. The van der Waals surface area contributed by atoms with Gasteiger partial charge < -0.3 is 9.73 Å². The van der Waals surface area contributed by atoms with Crippen molar-refractivity contribution in [3.05, 3.63) is 28.6 Å². The van der Waals surface area contributed by atoms with Crippen LogP contribution >= 0.6 is 28.3 Å². The largest absolute Gasteiger partial charge is 0.458 e. The van der Waals surface area contributed by atoms with Crippen LogP contribution in [0.4, 0.5) is 0 Å². The molecular formula is C11H12BrClN2O. The van der Waals surface area contributed by atoms with Crippen LogP contribution in [0.2, 0.25) is 0 Å². The van der Waals surface area contributed by atoms with Crippen molar-refractivity contribution in [2.45, 2.75) is 18.9 Å². The molecule has 1 N–H and O–H groups in total. The first-order chi connectivity index (χ1) is 7.33. The first kappa shape index (κ1) is 11.9. The third-order valence-corrected chi connectivity index (χ3v) is 3.20. The molecule has 3 heterocycles. The number of furan rings is 1. The number of fused-ring (bicyclic) bond motifs is 1. The van der Waals surface area contributed by atoms with Gasteiger partial charge in [-0.15, -0.1) is 12.4 Å². The number of hydrogen-bond acceptors (Lipinski definition) is 3. The van der Waals surface area contributed by atoms with Crippen molar-refractivity contribution in [2.24, 2.45) is 0 Å². The molecule has 2 aromatic rings. The molecule has 1 aliphatic rings. The Morgan fingerprint density at radius 2 is 2.31 bits per heavy atom. The molecule has 1 fully saturated rings. The number of halogens is 2. The smallest absolute Gasteiger partial charge is 0.152 e. The topological polar surface area (TPSA) is 38.1 Å². The average molecular weight is 304 g/mol.